The van der Waals surface area contributed by atoms with Gasteiger partial charge in [-0.1, -0.05) is 18.2 Å². The second-order valence-electron chi connectivity index (χ2n) is 4.54. The Morgan fingerprint density at radius 2 is 2.14 bits per heavy atom. The molecule has 0 aliphatic heterocycles. The largest absolute Gasteiger partial charge is 0.494 e. The number of hydrogen-bond acceptors (Lipinski definition) is 4. The zero-order valence-electron chi connectivity index (χ0n) is 12.3. The highest BCUT2D eigenvalue weighted by Crippen LogP contribution is 2.32. The molecular formula is C15H20BrN3O2. The van der Waals surface area contributed by atoms with E-state index in [1.807, 2.05) is 35.9 Å². The van der Waals surface area contributed by atoms with Crippen molar-refractivity contribution in [2.75, 3.05) is 20.3 Å². The number of rotatable bonds is 7. The number of hydrogen-bond donors (Lipinski definition) is 1. The molecule has 6 heteroatoms. The number of ether oxygens (including phenoxy) is 2. The van der Waals surface area contributed by atoms with Crippen molar-refractivity contribution in [1.29, 1.82) is 0 Å². The monoisotopic (exact) mass is 353 g/mol. The maximum absolute atomic E-state index is 6.45. The van der Waals surface area contributed by atoms with Crippen molar-refractivity contribution >= 4 is 15.9 Å². The fourth-order valence-corrected chi connectivity index (χ4v) is 2.75. The van der Waals surface area contributed by atoms with Crippen molar-refractivity contribution in [1.82, 2.24) is 9.78 Å². The Balaban J connectivity index is 2.35. The Labute approximate surface area is 133 Å². The SMILES string of the molecule is CCOc1ccccc1C(N)c1c(Br)cnn1CCOC. The van der Waals surface area contributed by atoms with E-state index in [2.05, 4.69) is 21.0 Å². The molecule has 2 aromatic rings. The third-order valence-corrected chi connectivity index (χ3v) is 3.80. The number of nitrogens with two attached hydrogens (primary N) is 1. The van der Waals surface area contributed by atoms with Crippen LogP contribution in [0.3, 0.4) is 0 Å². The molecule has 5 nitrogen and oxygen atoms in total. The molecule has 0 aliphatic carbocycles. The highest BCUT2D eigenvalue weighted by molar-refractivity contribution is 9.10. The molecule has 0 amide bonds. The lowest BCUT2D eigenvalue weighted by Crippen LogP contribution is -2.20. The molecule has 114 valence electrons. The van der Waals surface area contributed by atoms with Crippen LogP contribution < -0.4 is 10.5 Å². The van der Waals surface area contributed by atoms with Crippen LogP contribution in [0.5, 0.6) is 5.75 Å². The standard InChI is InChI=1S/C15H20BrN3O2/c1-3-21-13-7-5-4-6-11(13)14(17)15-12(16)10-18-19(15)8-9-20-2/h4-7,10,14H,3,8-9,17H2,1-2H3. The summed E-state index contributed by atoms with van der Waals surface area (Å²) < 4.78 is 13.5. The predicted molar refractivity (Wildman–Crippen MR) is 85.4 cm³/mol. The van der Waals surface area contributed by atoms with Gasteiger partial charge in [-0.25, -0.2) is 0 Å². The number of methoxy groups -OCH3 is 1. The van der Waals surface area contributed by atoms with Crippen molar-refractivity contribution < 1.29 is 9.47 Å². The van der Waals surface area contributed by atoms with E-state index in [9.17, 15) is 0 Å². The summed E-state index contributed by atoms with van der Waals surface area (Å²) in [6.45, 7) is 3.80. The zero-order valence-corrected chi connectivity index (χ0v) is 13.8. The third-order valence-electron chi connectivity index (χ3n) is 3.19. The molecule has 1 aromatic carbocycles. The van der Waals surface area contributed by atoms with Crippen molar-refractivity contribution in [3.05, 3.63) is 46.2 Å². The molecule has 2 rings (SSSR count). The van der Waals surface area contributed by atoms with Gasteiger partial charge in [-0.3, -0.25) is 4.68 Å². The van der Waals surface area contributed by atoms with Gasteiger partial charge in [0.1, 0.15) is 5.75 Å². The lowest BCUT2D eigenvalue weighted by atomic mass is 10.0. The average molecular weight is 354 g/mol. The van der Waals surface area contributed by atoms with Gasteiger partial charge in [0.05, 0.1) is 42.2 Å². The van der Waals surface area contributed by atoms with Gasteiger partial charge in [0.25, 0.3) is 0 Å². The molecule has 0 aliphatic rings. The Bertz CT molecular complexity index is 586. The molecule has 1 atom stereocenters. The first kappa shape index (κ1) is 16.0. The van der Waals surface area contributed by atoms with Gasteiger partial charge in [0, 0.05) is 12.7 Å². The van der Waals surface area contributed by atoms with Gasteiger partial charge in [0.2, 0.25) is 0 Å². The van der Waals surface area contributed by atoms with Crippen LogP contribution in [0.2, 0.25) is 0 Å². The normalized spacial score (nSPS) is 12.4. The summed E-state index contributed by atoms with van der Waals surface area (Å²) in [5.41, 5.74) is 8.31. The second-order valence-corrected chi connectivity index (χ2v) is 5.40. The van der Waals surface area contributed by atoms with Crippen LogP contribution in [0.25, 0.3) is 0 Å². The van der Waals surface area contributed by atoms with E-state index in [1.165, 1.54) is 0 Å². The van der Waals surface area contributed by atoms with Crippen LogP contribution in [-0.2, 0) is 11.3 Å². The quantitative estimate of drug-likeness (QED) is 0.831. The van der Waals surface area contributed by atoms with Gasteiger partial charge in [-0.05, 0) is 28.9 Å². The van der Waals surface area contributed by atoms with Crippen LogP contribution in [0.15, 0.2) is 34.9 Å². The summed E-state index contributed by atoms with van der Waals surface area (Å²) in [4.78, 5) is 0. The first-order chi connectivity index (χ1) is 10.2. The second kappa shape index (κ2) is 7.59. The number of para-hydroxylation sites is 1. The molecule has 0 bridgehead atoms. The van der Waals surface area contributed by atoms with Gasteiger partial charge in [-0.2, -0.15) is 5.10 Å². The summed E-state index contributed by atoms with van der Waals surface area (Å²) in [6.07, 6.45) is 1.76. The molecule has 0 radical (unpaired) electrons. The van der Waals surface area contributed by atoms with Crippen LogP contribution in [-0.4, -0.2) is 30.1 Å². The van der Waals surface area contributed by atoms with Crippen LogP contribution >= 0.6 is 15.9 Å². The number of halogens is 1. The van der Waals surface area contributed by atoms with E-state index < -0.39 is 0 Å². The highest BCUT2D eigenvalue weighted by Gasteiger charge is 2.21. The van der Waals surface area contributed by atoms with E-state index in [0.29, 0.717) is 19.8 Å². The summed E-state index contributed by atoms with van der Waals surface area (Å²) in [5, 5.41) is 4.34. The Morgan fingerprint density at radius 3 is 2.86 bits per heavy atom. The van der Waals surface area contributed by atoms with Gasteiger partial charge in [-0.15, -0.1) is 0 Å². The molecule has 0 spiro atoms. The van der Waals surface area contributed by atoms with Gasteiger partial charge in [0.15, 0.2) is 0 Å². The Hall–Kier alpha value is -1.37. The molecular weight excluding hydrogens is 334 g/mol. The summed E-state index contributed by atoms with van der Waals surface area (Å²) in [7, 11) is 1.67. The lowest BCUT2D eigenvalue weighted by Gasteiger charge is -2.18. The molecule has 1 unspecified atom stereocenters. The maximum Gasteiger partial charge on any atom is 0.124 e. The third kappa shape index (κ3) is 3.64. The highest BCUT2D eigenvalue weighted by atomic mass is 79.9. The smallest absolute Gasteiger partial charge is 0.124 e. The Morgan fingerprint density at radius 1 is 1.38 bits per heavy atom. The average Bonchev–Trinajstić information content (AvgIpc) is 2.86. The van der Waals surface area contributed by atoms with Gasteiger partial charge < -0.3 is 15.2 Å². The fourth-order valence-electron chi connectivity index (χ4n) is 2.21. The zero-order chi connectivity index (χ0) is 15.2. The number of nitrogens with zero attached hydrogens (tertiary/aromatic N) is 2. The van der Waals surface area contributed by atoms with Crippen LogP contribution in [0.4, 0.5) is 0 Å². The molecule has 0 saturated heterocycles. The lowest BCUT2D eigenvalue weighted by molar-refractivity contribution is 0.182. The topological polar surface area (TPSA) is 62.3 Å². The molecule has 0 fully saturated rings. The minimum atomic E-state index is -0.318. The number of aromatic nitrogens is 2. The molecule has 1 aromatic heterocycles. The molecule has 21 heavy (non-hydrogen) atoms. The Kier molecular flexibility index (Phi) is 5.78. The summed E-state index contributed by atoms with van der Waals surface area (Å²) in [6, 6.07) is 7.50. The number of benzene rings is 1. The van der Waals surface area contributed by atoms with Crippen LogP contribution in [0, 0.1) is 0 Å². The fraction of sp³-hybridized carbons (Fsp3) is 0.400. The van der Waals surface area contributed by atoms with Crippen molar-refractivity contribution in [3.8, 4) is 5.75 Å². The molecule has 0 saturated carbocycles. The molecule has 1 heterocycles. The van der Waals surface area contributed by atoms with Crippen molar-refractivity contribution in [3.63, 3.8) is 0 Å². The first-order valence-electron chi connectivity index (χ1n) is 6.86. The minimum Gasteiger partial charge on any atom is -0.494 e. The predicted octanol–water partition coefficient (Wildman–Crippen LogP) is 2.74. The summed E-state index contributed by atoms with van der Waals surface area (Å²) in [5.74, 6) is 0.805. The van der Waals surface area contributed by atoms with E-state index >= 15 is 0 Å². The maximum atomic E-state index is 6.45. The molecule has 2 N–H and O–H groups in total. The van der Waals surface area contributed by atoms with E-state index in [0.717, 1.165) is 21.5 Å². The van der Waals surface area contributed by atoms with E-state index in [-0.39, 0.29) is 6.04 Å². The van der Waals surface area contributed by atoms with Crippen LogP contribution in [0.1, 0.15) is 24.2 Å². The van der Waals surface area contributed by atoms with Crippen molar-refractivity contribution in [2.45, 2.75) is 19.5 Å². The van der Waals surface area contributed by atoms with Gasteiger partial charge >= 0.3 is 0 Å². The van der Waals surface area contributed by atoms with E-state index in [1.54, 1.807) is 13.3 Å². The minimum absolute atomic E-state index is 0.318. The summed E-state index contributed by atoms with van der Waals surface area (Å²) >= 11 is 3.53. The first-order valence-corrected chi connectivity index (χ1v) is 7.65. The van der Waals surface area contributed by atoms with Crippen molar-refractivity contribution in [2.24, 2.45) is 5.73 Å². The van der Waals surface area contributed by atoms with E-state index in [4.69, 9.17) is 15.2 Å².